The molecule has 0 saturated carbocycles. The quantitative estimate of drug-likeness (QED) is 0.350. The summed E-state index contributed by atoms with van der Waals surface area (Å²) >= 11 is 0. The Bertz CT molecular complexity index is 936. The van der Waals surface area contributed by atoms with Gasteiger partial charge < -0.3 is 0 Å². The maximum Gasteiger partial charge on any atom is 0.297 e. The van der Waals surface area contributed by atoms with E-state index in [4.69, 9.17) is 0 Å². The molecule has 3 rings (SSSR count). The molecule has 3 aromatic carbocycles. The molecule has 0 aliphatic rings. The fourth-order valence-corrected chi connectivity index (χ4v) is 9.03. The zero-order chi connectivity index (χ0) is 23.7. The van der Waals surface area contributed by atoms with Crippen LogP contribution in [0.25, 0.3) is 0 Å². The van der Waals surface area contributed by atoms with Crippen molar-refractivity contribution in [3.05, 3.63) is 91.0 Å². The van der Waals surface area contributed by atoms with Gasteiger partial charge in [-0.1, -0.05) is 93.1 Å². The van der Waals surface area contributed by atoms with Gasteiger partial charge in [0.2, 0.25) is 0 Å². The van der Waals surface area contributed by atoms with Gasteiger partial charge in [-0.2, -0.15) is 18.4 Å². The number of hydrogen-bond donors (Lipinski definition) is 0. The summed E-state index contributed by atoms with van der Waals surface area (Å²) in [7, 11) is -5.20. The van der Waals surface area contributed by atoms with E-state index in [2.05, 4.69) is 116 Å². The third-order valence-electron chi connectivity index (χ3n) is 5.05. The molecule has 0 atom stereocenters. The van der Waals surface area contributed by atoms with Crippen LogP contribution in [0, 0.1) is 0 Å². The van der Waals surface area contributed by atoms with E-state index in [0.717, 1.165) is 0 Å². The highest BCUT2D eigenvalue weighted by Gasteiger charge is 2.41. The van der Waals surface area contributed by atoms with Crippen LogP contribution in [0.15, 0.2) is 106 Å². The summed E-state index contributed by atoms with van der Waals surface area (Å²) in [6.07, 6.45) is 1.15. The lowest BCUT2D eigenvalue weighted by atomic mass is 10.2. The van der Waals surface area contributed by atoms with Gasteiger partial charge in [-0.05, 0) is 62.0 Å². The molecular formula is C26H33FO3S2. The summed E-state index contributed by atoms with van der Waals surface area (Å²) in [5.41, 5.74) is 0. The van der Waals surface area contributed by atoms with Crippen molar-refractivity contribution in [3.63, 3.8) is 0 Å². The van der Waals surface area contributed by atoms with Gasteiger partial charge in [0.1, 0.15) is 0 Å². The van der Waals surface area contributed by atoms with Gasteiger partial charge in [0, 0.05) is 4.75 Å². The van der Waals surface area contributed by atoms with Crippen molar-refractivity contribution < 1.29 is 17.3 Å². The fraction of sp³-hybridized carbons (Fsp3) is 0.308. The molecule has 0 radical (unpaired) electrons. The minimum atomic E-state index is -3.85. The molecule has 3 aromatic rings. The highest BCUT2D eigenvalue weighted by atomic mass is 32.3. The largest absolute Gasteiger partial charge is 0.297 e. The van der Waals surface area contributed by atoms with Crippen LogP contribution in [-0.2, 0) is 14.5 Å². The van der Waals surface area contributed by atoms with Crippen LogP contribution < -0.4 is 0 Å². The molecule has 0 fully saturated rings. The Balaban J connectivity index is 0.000000344. The first-order valence-electron chi connectivity index (χ1n) is 10.7. The van der Waals surface area contributed by atoms with Gasteiger partial charge in [0.15, 0.2) is 0 Å². The van der Waals surface area contributed by atoms with Crippen LogP contribution in [0.2, 0.25) is 0 Å². The first-order valence-corrected chi connectivity index (χ1v) is 13.9. The molecule has 0 amide bonds. The molecule has 0 aliphatic heterocycles. The third-order valence-corrected chi connectivity index (χ3v) is 10.8. The highest BCUT2D eigenvalue weighted by molar-refractivity contribution is 8.34. The Morgan fingerprint density at radius 1 is 0.719 bits per heavy atom. The standard InChI is InChI=1S/C22H24S.C4H9FO3S/c1-22(2,3)23(19-13-7-4-8-14-19,20-15-9-5-10-16-20)21-17-11-6-12-18-21;1-2-3-4-9(6,7)8-5/h4-18H,1-3H3;2-4H2,1H3. The Morgan fingerprint density at radius 2 is 1.06 bits per heavy atom. The topological polar surface area (TPSA) is 43.4 Å². The number of unbranched alkanes of at least 4 members (excludes halogenated alkanes) is 1. The molecule has 0 unspecified atom stereocenters. The molecule has 0 heterocycles. The van der Waals surface area contributed by atoms with Crippen molar-refractivity contribution in [2.75, 3.05) is 5.75 Å². The second kappa shape index (κ2) is 11.6. The maximum absolute atomic E-state index is 11.0. The summed E-state index contributed by atoms with van der Waals surface area (Å²) in [5, 5.41) is 0. The van der Waals surface area contributed by atoms with Crippen molar-refractivity contribution in [1.29, 1.82) is 0 Å². The Hall–Kier alpha value is -2.15. The second-order valence-electron chi connectivity index (χ2n) is 8.34. The van der Waals surface area contributed by atoms with E-state index in [-0.39, 0.29) is 10.5 Å². The van der Waals surface area contributed by atoms with Crippen molar-refractivity contribution in [2.24, 2.45) is 0 Å². The van der Waals surface area contributed by atoms with E-state index in [0.29, 0.717) is 12.8 Å². The molecule has 0 saturated heterocycles. The molecule has 0 aliphatic carbocycles. The smallest absolute Gasteiger partial charge is 0.197 e. The normalized spacial score (nSPS) is 12.5. The van der Waals surface area contributed by atoms with Crippen LogP contribution in [0.3, 0.4) is 0 Å². The minimum absolute atomic E-state index is 0.108. The van der Waals surface area contributed by atoms with Gasteiger partial charge in [-0.15, -0.1) is 0 Å². The molecular weight excluding hydrogens is 443 g/mol. The van der Waals surface area contributed by atoms with E-state index in [9.17, 15) is 12.9 Å². The first kappa shape index (κ1) is 26.1. The molecule has 32 heavy (non-hydrogen) atoms. The monoisotopic (exact) mass is 476 g/mol. The molecule has 6 heteroatoms. The van der Waals surface area contributed by atoms with Crippen LogP contribution in [0.1, 0.15) is 40.5 Å². The number of hydrogen-bond acceptors (Lipinski definition) is 3. The van der Waals surface area contributed by atoms with Crippen LogP contribution in [-0.4, -0.2) is 18.9 Å². The minimum Gasteiger partial charge on any atom is -0.197 e. The Kier molecular flexibility index (Phi) is 9.49. The predicted molar refractivity (Wildman–Crippen MR) is 132 cm³/mol. The summed E-state index contributed by atoms with van der Waals surface area (Å²) in [5.74, 6) is -0.236. The zero-order valence-corrected chi connectivity index (χ0v) is 20.8. The Morgan fingerprint density at radius 3 is 1.31 bits per heavy atom. The number of benzene rings is 3. The second-order valence-corrected chi connectivity index (χ2v) is 13.9. The number of halogens is 1. The molecule has 0 aromatic heterocycles. The van der Waals surface area contributed by atoms with Gasteiger partial charge in [-0.25, -0.2) is 0 Å². The molecule has 0 spiro atoms. The highest BCUT2D eigenvalue weighted by Crippen LogP contribution is 2.75. The zero-order valence-electron chi connectivity index (χ0n) is 19.2. The van der Waals surface area contributed by atoms with E-state index in [1.807, 2.05) is 6.92 Å². The van der Waals surface area contributed by atoms with Crippen LogP contribution in [0.4, 0.5) is 4.53 Å². The Labute approximate surface area is 194 Å². The summed E-state index contributed by atoms with van der Waals surface area (Å²) in [6.45, 7) is 8.92. The maximum atomic E-state index is 11.0. The van der Waals surface area contributed by atoms with Crippen molar-refractivity contribution in [1.82, 2.24) is 0 Å². The van der Waals surface area contributed by atoms with Crippen molar-refractivity contribution in [3.8, 4) is 0 Å². The molecule has 3 nitrogen and oxygen atoms in total. The van der Waals surface area contributed by atoms with Crippen LogP contribution in [0.5, 0.6) is 0 Å². The summed E-state index contributed by atoms with van der Waals surface area (Å²) in [4.78, 5) is 4.26. The lowest BCUT2D eigenvalue weighted by Gasteiger charge is -2.51. The lowest BCUT2D eigenvalue weighted by Crippen LogP contribution is -2.26. The number of rotatable bonds is 7. The summed E-state index contributed by atoms with van der Waals surface area (Å²) < 4.78 is 34.1. The molecule has 0 bridgehead atoms. The average molecular weight is 477 g/mol. The average Bonchev–Trinajstić information content (AvgIpc) is 2.80. The first-order chi connectivity index (χ1) is 15.2. The van der Waals surface area contributed by atoms with Crippen molar-refractivity contribution in [2.45, 2.75) is 60.0 Å². The van der Waals surface area contributed by atoms with Gasteiger partial charge in [-0.3, -0.25) is 0 Å². The predicted octanol–water partition coefficient (Wildman–Crippen LogP) is 7.78. The van der Waals surface area contributed by atoms with E-state index in [1.54, 1.807) is 0 Å². The van der Waals surface area contributed by atoms with Crippen LogP contribution >= 0.6 is 10.0 Å². The van der Waals surface area contributed by atoms with Gasteiger partial charge in [0.25, 0.3) is 10.1 Å². The summed E-state index contributed by atoms with van der Waals surface area (Å²) in [6, 6.07) is 33.0. The lowest BCUT2D eigenvalue weighted by molar-refractivity contribution is 0.00290. The van der Waals surface area contributed by atoms with Gasteiger partial charge in [0.05, 0.1) is 5.75 Å². The molecule has 174 valence electrons. The fourth-order valence-electron chi connectivity index (χ4n) is 3.70. The van der Waals surface area contributed by atoms with Crippen molar-refractivity contribution >= 4 is 20.1 Å². The van der Waals surface area contributed by atoms with E-state index < -0.39 is 20.1 Å². The van der Waals surface area contributed by atoms with Gasteiger partial charge >= 0.3 is 0 Å². The van der Waals surface area contributed by atoms with E-state index in [1.165, 1.54) is 14.7 Å². The SMILES string of the molecule is CC(C)(C)S(c1ccccc1)(c1ccccc1)c1ccccc1.CCCCS(=O)(=O)OF. The third kappa shape index (κ3) is 6.21. The van der Waals surface area contributed by atoms with E-state index >= 15 is 0 Å². The molecule has 0 N–H and O–H groups in total.